The number of aliphatic hydroxyl groups excluding tert-OH is 1. The normalized spacial score (nSPS) is 24.8. The maximum Gasteiger partial charge on any atom is 0.248 e. The van der Waals surface area contributed by atoms with Crippen molar-refractivity contribution in [1.29, 1.82) is 0 Å². The van der Waals surface area contributed by atoms with Gasteiger partial charge in [-0.05, 0) is 42.7 Å². The van der Waals surface area contributed by atoms with Crippen LogP contribution in [0.25, 0.3) is 0 Å². The van der Waals surface area contributed by atoms with Gasteiger partial charge in [-0.15, -0.1) is 0 Å². The van der Waals surface area contributed by atoms with Crippen LogP contribution < -0.4 is 0 Å². The van der Waals surface area contributed by atoms with Crippen LogP contribution in [0.5, 0.6) is 0 Å². The van der Waals surface area contributed by atoms with Gasteiger partial charge in [0, 0.05) is 26.2 Å². The maximum absolute atomic E-state index is 11.7. The zero-order chi connectivity index (χ0) is 16.3. The number of aliphatic hydroxyl groups is 1. The van der Waals surface area contributed by atoms with Gasteiger partial charge in [-0.25, -0.2) is 0 Å². The predicted octanol–water partition coefficient (Wildman–Crippen LogP) is 2.10. The van der Waals surface area contributed by atoms with Crippen molar-refractivity contribution in [3.8, 4) is 0 Å². The second kappa shape index (κ2) is 7.02. The minimum Gasteiger partial charge on any atom is -0.387 e. The lowest BCUT2D eigenvalue weighted by Crippen LogP contribution is -2.52. The number of likely N-dealkylation sites (N-methyl/N-ethyl adjacent to an activating group) is 1. The van der Waals surface area contributed by atoms with Crippen LogP contribution in [0.2, 0.25) is 0 Å². The molecular formula is C19H28N2O2. The average Bonchev–Trinajstić information content (AvgIpc) is 2.62. The molecule has 0 radical (unpaired) electrons. The van der Waals surface area contributed by atoms with Gasteiger partial charge in [-0.1, -0.05) is 37.3 Å². The van der Waals surface area contributed by atoms with E-state index in [0.29, 0.717) is 11.3 Å². The van der Waals surface area contributed by atoms with E-state index in [1.165, 1.54) is 12.0 Å². The molecule has 1 atom stereocenters. The van der Waals surface area contributed by atoms with Crippen molar-refractivity contribution in [3.05, 3.63) is 35.9 Å². The first-order valence-electron chi connectivity index (χ1n) is 8.82. The lowest BCUT2D eigenvalue weighted by Gasteiger charge is -2.50. The molecule has 1 aromatic carbocycles. The van der Waals surface area contributed by atoms with Crippen molar-refractivity contribution in [1.82, 2.24) is 9.80 Å². The predicted molar refractivity (Wildman–Crippen MR) is 91.2 cm³/mol. The van der Waals surface area contributed by atoms with Crippen molar-refractivity contribution in [2.45, 2.75) is 32.1 Å². The molecule has 2 fully saturated rings. The van der Waals surface area contributed by atoms with E-state index in [1.807, 2.05) is 4.90 Å². The molecule has 1 aromatic rings. The molecule has 4 heteroatoms. The summed E-state index contributed by atoms with van der Waals surface area (Å²) < 4.78 is 0. The van der Waals surface area contributed by atoms with Crippen molar-refractivity contribution in [2.75, 3.05) is 39.3 Å². The molecule has 0 aromatic heterocycles. The number of benzene rings is 1. The summed E-state index contributed by atoms with van der Waals surface area (Å²) in [5.41, 5.74) is 1.76. The molecule has 1 N–H and O–H groups in total. The number of rotatable bonds is 3. The Kier molecular flexibility index (Phi) is 5.02. The molecule has 0 aliphatic carbocycles. The van der Waals surface area contributed by atoms with Crippen molar-refractivity contribution in [3.63, 3.8) is 0 Å². The number of likely N-dealkylation sites (tertiary alicyclic amines) is 2. The topological polar surface area (TPSA) is 43.8 Å². The molecule has 2 aliphatic rings. The Morgan fingerprint density at radius 3 is 2.57 bits per heavy atom. The summed E-state index contributed by atoms with van der Waals surface area (Å²) in [6.07, 6.45) is 3.33. The summed E-state index contributed by atoms with van der Waals surface area (Å²) in [4.78, 5) is 16.1. The summed E-state index contributed by atoms with van der Waals surface area (Å²) in [6.45, 7) is 6.84. The van der Waals surface area contributed by atoms with Gasteiger partial charge in [-0.3, -0.25) is 4.79 Å². The third-order valence-corrected chi connectivity index (χ3v) is 5.75. The number of piperidine rings is 2. The van der Waals surface area contributed by atoms with Crippen LogP contribution in [-0.2, 0) is 4.79 Å². The summed E-state index contributed by atoms with van der Waals surface area (Å²) in [6, 6.07) is 10.9. The quantitative estimate of drug-likeness (QED) is 0.929. The zero-order valence-corrected chi connectivity index (χ0v) is 14.1. The van der Waals surface area contributed by atoms with Gasteiger partial charge in [0.05, 0.1) is 0 Å². The second-order valence-corrected chi connectivity index (χ2v) is 7.18. The molecule has 0 saturated carbocycles. The molecule has 1 amide bonds. The van der Waals surface area contributed by atoms with Crippen LogP contribution in [0.15, 0.2) is 30.3 Å². The highest BCUT2D eigenvalue weighted by molar-refractivity contribution is 5.77. The van der Waals surface area contributed by atoms with Crippen LogP contribution in [0, 0.1) is 5.41 Å². The summed E-state index contributed by atoms with van der Waals surface area (Å²) in [5, 5.41) is 9.06. The molecule has 2 aliphatic heterocycles. The van der Waals surface area contributed by atoms with Gasteiger partial charge < -0.3 is 14.9 Å². The van der Waals surface area contributed by atoms with Crippen LogP contribution >= 0.6 is 0 Å². The number of amides is 1. The Labute approximate surface area is 139 Å². The minimum absolute atomic E-state index is 0.123. The third-order valence-electron chi connectivity index (χ3n) is 5.75. The minimum atomic E-state index is -0.360. The Morgan fingerprint density at radius 2 is 1.96 bits per heavy atom. The molecule has 1 spiro atoms. The van der Waals surface area contributed by atoms with Gasteiger partial charge in [0.25, 0.3) is 0 Å². The van der Waals surface area contributed by atoms with Crippen molar-refractivity contribution in [2.24, 2.45) is 5.41 Å². The molecule has 126 valence electrons. The monoisotopic (exact) mass is 316 g/mol. The fourth-order valence-electron chi connectivity index (χ4n) is 4.38. The van der Waals surface area contributed by atoms with Crippen molar-refractivity contribution < 1.29 is 9.90 Å². The second-order valence-electron chi connectivity index (χ2n) is 7.18. The molecule has 0 bridgehead atoms. The van der Waals surface area contributed by atoms with E-state index >= 15 is 0 Å². The van der Waals surface area contributed by atoms with Crippen LogP contribution in [0.3, 0.4) is 0 Å². The molecule has 2 saturated heterocycles. The van der Waals surface area contributed by atoms with Gasteiger partial charge in [0.15, 0.2) is 0 Å². The first kappa shape index (κ1) is 16.5. The Balaban J connectivity index is 1.73. The highest BCUT2D eigenvalue weighted by Crippen LogP contribution is 2.44. The van der Waals surface area contributed by atoms with E-state index in [4.69, 9.17) is 5.11 Å². The van der Waals surface area contributed by atoms with E-state index in [0.717, 1.165) is 45.6 Å². The number of hydrogen-bond donors (Lipinski definition) is 1. The van der Waals surface area contributed by atoms with Crippen LogP contribution in [0.4, 0.5) is 0 Å². The number of carbonyl (C=O) groups is 1. The lowest BCUT2D eigenvalue weighted by atomic mass is 9.68. The molecule has 4 nitrogen and oxygen atoms in total. The molecule has 3 rings (SSSR count). The fraction of sp³-hybridized carbons (Fsp3) is 0.632. The lowest BCUT2D eigenvalue weighted by molar-refractivity contribution is -0.137. The van der Waals surface area contributed by atoms with Gasteiger partial charge in [-0.2, -0.15) is 0 Å². The zero-order valence-electron chi connectivity index (χ0n) is 14.1. The van der Waals surface area contributed by atoms with Gasteiger partial charge >= 0.3 is 0 Å². The summed E-state index contributed by atoms with van der Waals surface area (Å²) in [5.74, 6) is 0.465. The van der Waals surface area contributed by atoms with Gasteiger partial charge in [0.2, 0.25) is 5.91 Å². The van der Waals surface area contributed by atoms with E-state index < -0.39 is 0 Å². The number of hydrogen-bond acceptors (Lipinski definition) is 3. The Hall–Kier alpha value is -1.39. The first-order valence-corrected chi connectivity index (χ1v) is 8.82. The smallest absolute Gasteiger partial charge is 0.248 e. The SMILES string of the molecule is CCN1C[C@H](c2ccccc2)CC2(CCN(C(=O)CO)CC2)C1. The standard InChI is InChI=1S/C19H28N2O2/c1-2-20-13-17(16-6-4-3-5-7-16)12-19(15-20)8-10-21(11-9-19)18(23)14-22/h3-7,17,22H,2,8-15H2,1H3/t17-/m1/s1. The number of nitrogens with zero attached hydrogens (tertiary/aromatic N) is 2. The van der Waals surface area contributed by atoms with E-state index in [2.05, 4.69) is 42.2 Å². The third kappa shape index (κ3) is 3.59. The van der Waals surface area contributed by atoms with E-state index in [1.54, 1.807) is 0 Å². The number of carbonyl (C=O) groups excluding carboxylic acids is 1. The Morgan fingerprint density at radius 1 is 1.26 bits per heavy atom. The first-order chi connectivity index (χ1) is 11.2. The molecule has 0 unspecified atom stereocenters. The molecular weight excluding hydrogens is 288 g/mol. The maximum atomic E-state index is 11.7. The van der Waals surface area contributed by atoms with Crippen molar-refractivity contribution >= 4 is 5.91 Å². The molecule has 2 heterocycles. The fourth-order valence-corrected chi connectivity index (χ4v) is 4.38. The van der Waals surface area contributed by atoms with Crippen LogP contribution in [0.1, 0.15) is 37.7 Å². The largest absolute Gasteiger partial charge is 0.387 e. The average molecular weight is 316 g/mol. The van der Waals surface area contributed by atoms with E-state index in [9.17, 15) is 4.79 Å². The van der Waals surface area contributed by atoms with Gasteiger partial charge in [0.1, 0.15) is 6.61 Å². The van der Waals surface area contributed by atoms with E-state index in [-0.39, 0.29) is 12.5 Å². The Bertz CT molecular complexity index is 523. The highest BCUT2D eigenvalue weighted by Gasteiger charge is 2.42. The summed E-state index contributed by atoms with van der Waals surface area (Å²) in [7, 11) is 0. The molecule has 23 heavy (non-hydrogen) atoms. The van der Waals surface area contributed by atoms with Crippen LogP contribution in [-0.4, -0.2) is 60.1 Å². The summed E-state index contributed by atoms with van der Waals surface area (Å²) >= 11 is 0. The highest BCUT2D eigenvalue weighted by atomic mass is 16.3.